The Morgan fingerprint density at radius 2 is 1.81 bits per heavy atom. The molecule has 2 rings (SSSR count). The molecule has 112 valence electrons. The average Bonchev–Trinajstić information content (AvgIpc) is 2.44. The molecular formula is C18H24N2S. The molecule has 3 heteroatoms. The third-order valence-corrected chi connectivity index (χ3v) is 4.31. The molecular weight excluding hydrogens is 276 g/mol. The lowest BCUT2D eigenvalue weighted by atomic mass is 10.1. The van der Waals surface area contributed by atoms with E-state index in [4.69, 9.17) is 0 Å². The van der Waals surface area contributed by atoms with E-state index in [9.17, 15) is 0 Å². The number of aromatic nitrogens is 1. The Bertz CT molecular complexity index is 574. The second kappa shape index (κ2) is 7.10. The van der Waals surface area contributed by atoms with Gasteiger partial charge in [-0.1, -0.05) is 36.4 Å². The van der Waals surface area contributed by atoms with Gasteiger partial charge in [0.1, 0.15) is 0 Å². The maximum Gasteiger partial charge on any atom is 0.0992 e. The van der Waals surface area contributed by atoms with E-state index in [1.807, 2.05) is 6.20 Å². The minimum Gasteiger partial charge on any atom is -0.308 e. The number of aryl methyl sites for hydroxylation is 1. The highest BCUT2D eigenvalue weighted by atomic mass is 32.2. The van der Waals surface area contributed by atoms with E-state index in [1.165, 1.54) is 16.7 Å². The number of hydrogen-bond donors (Lipinski definition) is 1. The van der Waals surface area contributed by atoms with Gasteiger partial charge in [0.05, 0.1) is 5.03 Å². The summed E-state index contributed by atoms with van der Waals surface area (Å²) in [5, 5.41) is 4.62. The molecule has 0 spiro atoms. The van der Waals surface area contributed by atoms with Crippen LogP contribution in [-0.2, 0) is 12.3 Å². The van der Waals surface area contributed by atoms with Gasteiger partial charge < -0.3 is 5.32 Å². The van der Waals surface area contributed by atoms with Crippen molar-refractivity contribution in [3.63, 3.8) is 0 Å². The number of nitrogens with zero attached hydrogens (tertiary/aromatic N) is 1. The highest BCUT2D eigenvalue weighted by Crippen LogP contribution is 2.24. The van der Waals surface area contributed by atoms with Crippen molar-refractivity contribution in [1.82, 2.24) is 10.3 Å². The van der Waals surface area contributed by atoms with Crippen molar-refractivity contribution >= 4 is 11.8 Å². The molecule has 1 aromatic carbocycles. The molecule has 0 aliphatic carbocycles. The summed E-state index contributed by atoms with van der Waals surface area (Å²) in [5.41, 5.74) is 3.96. The lowest BCUT2D eigenvalue weighted by Crippen LogP contribution is -2.35. The van der Waals surface area contributed by atoms with Crippen molar-refractivity contribution < 1.29 is 0 Å². The van der Waals surface area contributed by atoms with E-state index in [2.05, 4.69) is 74.4 Å². The van der Waals surface area contributed by atoms with Crippen LogP contribution in [0.5, 0.6) is 0 Å². The summed E-state index contributed by atoms with van der Waals surface area (Å²) >= 11 is 1.80. The molecule has 1 heterocycles. The molecule has 0 aliphatic heterocycles. The lowest BCUT2D eigenvalue weighted by Gasteiger charge is -2.20. The van der Waals surface area contributed by atoms with Gasteiger partial charge in [0.25, 0.3) is 0 Å². The topological polar surface area (TPSA) is 24.9 Å². The Hall–Kier alpha value is -1.32. The van der Waals surface area contributed by atoms with Gasteiger partial charge in [-0.25, -0.2) is 4.98 Å². The number of benzene rings is 1. The van der Waals surface area contributed by atoms with Gasteiger partial charge in [0.15, 0.2) is 0 Å². The van der Waals surface area contributed by atoms with Gasteiger partial charge in [-0.3, -0.25) is 0 Å². The molecule has 0 bridgehead atoms. The highest BCUT2D eigenvalue weighted by molar-refractivity contribution is 7.98. The Morgan fingerprint density at radius 3 is 2.43 bits per heavy atom. The van der Waals surface area contributed by atoms with Gasteiger partial charge in [0, 0.05) is 24.0 Å². The van der Waals surface area contributed by atoms with Crippen LogP contribution in [0.3, 0.4) is 0 Å². The first-order valence-electron chi connectivity index (χ1n) is 7.31. The van der Waals surface area contributed by atoms with Crippen LogP contribution in [0.2, 0.25) is 0 Å². The molecule has 0 radical (unpaired) electrons. The number of nitrogens with one attached hydrogen (secondary N) is 1. The SMILES string of the molecule is Cc1cc(CNC(C)(C)C)cnc1SCc1ccccc1. The molecule has 0 atom stereocenters. The Labute approximate surface area is 132 Å². The predicted molar refractivity (Wildman–Crippen MR) is 91.6 cm³/mol. The van der Waals surface area contributed by atoms with Crippen LogP contribution < -0.4 is 5.32 Å². The summed E-state index contributed by atoms with van der Waals surface area (Å²) in [7, 11) is 0. The minimum atomic E-state index is 0.134. The fraction of sp³-hybridized carbons (Fsp3) is 0.389. The molecule has 1 N–H and O–H groups in total. The van der Waals surface area contributed by atoms with Crippen LogP contribution in [-0.4, -0.2) is 10.5 Å². The first-order chi connectivity index (χ1) is 9.94. The van der Waals surface area contributed by atoms with Crippen LogP contribution in [0.15, 0.2) is 47.6 Å². The Kier molecular flexibility index (Phi) is 5.43. The molecule has 1 aromatic heterocycles. The summed E-state index contributed by atoms with van der Waals surface area (Å²) in [4.78, 5) is 4.62. The predicted octanol–water partition coefficient (Wildman–Crippen LogP) is 4.57. The van der Waals surface area contributed by atoms with E-state index in [1.54, 1.807) is 11.8 Å². The van der Waals surface area contributed by atoms with Crippen LogP contribution in [0.25, 0.3) is 0 Å². The average molecular weight is 300 g/mol. The molecule has 0 unspecified atom stereocenters. The van der Waals surface area contributed by atoms with E-state index in [-0.39, 0.29) is 5.54 Å². The zero-order valence-corrected chi connectivity index (χ0v) is 14.1. The van der Waals surface area contributed by atoms with Crippen molar-refractivity contribution in [3.05, 3.63) is 59.3 Å². The fourth-order valence-corrected chi connectivity index (χ4v) is 2.87. The van der Waals surface area contributed by atoms with E-state index < -0.39 is 0 Å². The van der Waals surface area contributed by atoms with Crippen molar-refractivity contribution in [2.24, 2.45) is 0 Å². The van der Waals surface area contributed by atoms with Gasteiger partial charge >= 0.3 is 0 Å². The molecule has 0 fully saturated rings. The first-order valence-corrected chi connectivity index (χ1v) is 8.30. The quantitative estimate of drug-likeness (QED) is 0.819. The maximum atomic E-state index is 4.62. The molecule has 2 nitrogen and oxygen atoms in total. The number of pyridine rings is 1. The van der Waals surface area contributed by atoms with Gasteiger partial charge in [-0.15, -0.1) is 11.8 Å². The zero-order chi connectivity index (χ0) is 15.3. The van der Waals surface area contributed by atoms with Crippen molar-refractivity contribution in [1.29, 1.82) is 0 Å². The summed E-state index contributed by atoms with van der Waals surface area (Å²) in [6.07, 6.45) is 1.99. The normalized spacial score (nSPS) is 11.6. The van der Waals surface area contributed by atoms with Crippen LogP contribution in [0.1, 0.15) is 37.5 Å². The number of thioether (sulfide) groups is 1. The van der Waals surface area contributed by atoms with Crippen molar-refractivity contribution in [2.75, 3.05) is 0 Å². The van der Waals surface area contributed by atoms with Crippen molar-refractivity contribution in [3.8, 4) is 0 Å². The second-order valence-corrected chi connectivity index (χ2v) is 7.31. The Morgan fingerprint density at radius 1 is 1.10 bits per heavy atom. The number of hydrogen-bond acceptors (Lipinski definition) is 3. The summed E-state index contributed by atoms with van der Waals surface area (Å²) in [6.45, 7) is 9.54. The lowest BCUT2D eigenvalue weighted by molar-refractivity contribution is 0.424. The van der Waals surface area contributed by atoms with Gasteiger partial charge in [0.2, 0.25) is 0 Å². The smallest absolute Gasteiger partial charge is 0.0992 e. The Balaban J connectivity index is 1.96. The standard InChI is InChI=1S/C18H24N2S/c1-14-10-16(12-20-18(2,3)4)11-19-17(14)21-13-15-8-6-5-7-9-15/h5-11,20H,12-13H2,1-4H3. The van der Waals surface area contributed by atoms with Gasteiger partial charge in [-0.05, 0) is 44.4 Å². The van der Waals surface area contributed by atoms with Gasteiger partial charge in [-0.2, -0.15) is 0 Å². The fourth-order valence-electron chi connectivity index (χ4n) is 1.96. The summed E-state index contributed by atoms with van der Waals surface area (Å²) in [6, 6.07) is 12.8. The minimum absolute atomic E-state index is 0.134. The van der Waals surface area contributed by atoms with E-state index in [0.717, 1.165) is 17.3 Å². The second-order valence-electron chi connectivity index (χ2n) is 6.34. The third-order valence-electron chi connectivity index (χ3n) is 3.13. The highest BCUT2D eigenvalue weighted by Gasteiger charge is 2.09. The summed E-state index contributed by atoms with van der Waals surface area (Å²) in [5.74, 6) is 0.967. The largest absolute Gasteiger partial charge is 0.308 e. The molecule has 0 amide bonds. The molecule has 2 aromatic rings. The maximum absolute atomic E-state index is 4.62. The third kappa shape index (κ3) is 5.52. The monoisotopic (exact) mass is 300 g/mol. The molecule has 0 saturated heterocycles. The number of rotatable bonds is 5. The van der Waals surface area contributed by atoms with Crippen LogP contribution >= 0.6 is 11.8 Å². The first kappa shape index (κ1) is 16.1. The van der Waals surface area contributed by atoms with Crippen molar-refractivity contribution in [2.45, 2.75) is 50.6 Å². The molecule has 0 saturated carbocycles. The molecule has 21 heavy (non-hydrogen) atoms. The van der Waals surface area contributed by atoms with E-state index in [0.29, 0.717) is 0 Å². The van der Waals surface area contributed by atoms with Crippen LogP contribution in [0, 0.1) is 6.92 Å². The molecule has 0 aliphatic rings. The summed E-state index contributed by atoms with van der Waals surface area (Å²) < 4.78 is 0. The van der Waals surface area contributed by atoms with E-state index >= 15 is 0 Å². The zero-order valence-electron chi connectivity index (χ0n) is 13.3. The van der Waals surface area contributed by atoms with Crippen LogP contribution in [0.4, 0.5) is 0 Å².